The molecule has 6 nitrogen and oxygen atoms in total. The van der Waals surface area contributed by atoms with Gasteiger partial charge in [-0.25, -0.2) is 9.78 Å². The summed E-state index contributed by atoms with van der Waals surface area (Å²) in [6.45, 7) is 0.241. The van der Waals surface area contributed by atoms with Gasteiger partial charge in [-0.1, -0.05) is 11.8 Å². The van der Waals surface area contributed by atoms with Gasteiger partial charge in [-0.2, -0.15) is 0 Å². The van der Waals surface area contributed by atoms with Crippen LogP contribution in [-0.4, -0.2) is 22.9 Å². The van der Waals surface area contributed by atoms with E-state index in [1.807, 2.05) is 30.3 Å². The second-order valence-corrected chi connectivity index (χ2v) is 7.01. The van der Waals surface area contributed by atoms with Gasteiger partial charge in [0.2, 0.25) is 6.79 Å². The van der Waals surface area contributed by atoms with Gasteiger partial charge in [-0.05, 0) is 30.3 Å². The number of ether oxygens (including phenoxy) is 2. The maximum absolute atomic E-state index is 10.8. The van der Waals surface area contributed by atoms with Gasteiger partial charge in [0.1, 0.15) is 11.5 Å². The average molecular weight is 361 g/mol. The van der Waals surface area contributed by atoms with Gasteiger partial charge in [-0.15, -0.1) is 11.3 Å². The van der Waals surface area contributed by atoms with Gasteiger partial charge in [0.15, 0.2) is 21.5 Å². The number of carboxylic acids is 1. The number of furan rings is 1. The molecule has 0 saturated heterocycles. The first-order chi connectivity index (χ1) is 11.7. The van der Waals surface area contributed by atoms with E-state index >= 15 is 0 Å². The molecule has 1 aliphatic rings. The predicted octanol–water partition coefficient (Wildman–Crippen LogP) is 4.12. The lowest BCUT2D eigenvalue weighted by Gasteiger charge is -2.00. The van der Waals surface area contributed by atoms with Gasteiger partial charge in [0, 0.05) is 10.9 Å². The van der Waals surface area contributed by atoms with Crippen LogP contribution < -0.4 is 9.47 Å². The fraction of sp³-hybridized carbons (Fsp3) is 0.125. The molecule has 8 heteroatoms. The topological polar surface area (TPSA) is 81.8 Å². The zero-order valence-electron chi connectivity index (χ0n) is 12.2. The van der Waals surface area contributed by atoms with Crippen molar-refractivity contribution in [2.45, 2.75) is 10.1 Å². The van der Waals surface area contributed by atoms with E-state index in [4.69, 9.17) is 19.0 Å². The first-order valence-electron chi connectivity index (χ1n) is 6.99. The smallest absolute Gasteiger partial charge is 0.355 e. The highest BCUT2D eigenvalue weighted by atomic mass is 32.2. The number of carbonyl (C=O) groups is 1. The number of nitrogens with zero attached hydrogens (tertiary/aromatic N) is 1. The number of rotatable bonds is 5. The lowest BCUT2D eigenvalue weighted by molar-refractivity contribution is 0.0691. The highest BCUT2D eigenvalue weighted by Gasteiger charge is 2.15. The second kappa shape index (κ2) is 6.21. The Morgan fingerprint density at radius 1 is 1.25 bits per heavy atom. The Morgan fingerprint density at radius 3 is 2.96 bits per heavy atom. The van der Waals surface area contributed by atoms with Crippen LogP contribution >= 0.6 is 23.1 Å². The summed E-state index contributed by atoms with van der Waals surface area (Å²) in [6.07, 6.45) is 0. The van der Waals surface area contributed by atoms with Gasteiger partial charge < -0.3 is 19.0 Å². The number of thiazole rings is 1. The van der Waals surface area contributed by atoms with E-state index in [9.17, 15) is 4.79 Å². The lowest BCUT2D eigenvalue weighted by Crippen LogP contribution is -1.95. The molecule has 2 aromatic heterocycles. The van der Waals surface area contributed by atoms with Crippen molar-refractivity contribution in [3.8, 4) is 22.8 Å². The van der Waals surface area contributed by atoms with Crippen LogP contribution in [0.3, 0.4) is 0 Å². The molecule has 0 saturated carbocycles. The number of hydrogen-bond acceptors (Lipinski definition) is 7. The number of thioether (sulfide) groups is 1. The van der Waals surface area contributed by atoms with E-state index in [2.05, 4.69) is 4.98 Å². The minimum Gasteiger partial charge on any atom is -0.476 e. The van der Waals surface area contributed by atoms with Crippen LogP contribution in [-0.2, 0) is 5.75 Å². The van der Waals surface area contributed by atoms with Crippen molar-refractivity contribution in [1.29, 1.82) is 0 Å². The van der Waals surface area contributed by atoms with Crippen LogP contribution in [0.2, 0.25) is 0 Å². The molecule has 1 N–H and O–H groups in total. The molecule has 0 radical (unpaired) electrons. The largest absolute Gasteiger partial charge is 0.476 e. The third-order valence-corrected chi connectivity index (χ3v) is 5.40. The number of benzene rings is 1. The Bertz CT molecular complexity index is 902. The van der Waals surface area contributed by atoms with E-state index in [1.165, 1.54) is 28.5 Å². The molecule has 1 aliphatic heterocycles. The third-order valence-electron chi connectivity index (χ3n) is 3.36. The van der Waals surface area contributed by atoms with Crippen LogP contribution in [0.4, 0.5) is 0 Å². The molecular formula is C16H11NO5S2. The van der Waals surface area contributed by atoms with Crippen LogP contribution in [0.25, 0.3) is 11.3 Å². The van der Waals surface area contributed by atoms with E-state index < -0.39 is 5.97 Å². The minimum absolute atomic E-state index is 0.0722. The van der Waals surface area contributed by atoms with Crippen molar-refractivity contribution in [3.63, 3.8) is 0 Å². The third kappa shape index (κ3) is 2.98. The Kier molecular flexibility index (Phi) is 3.91. The normalized spacial score (nSPS) is 12.5. The molecular weight excluding hydrogens is 350 g/mol. The highest BCUT2D eigenvalue weighted by Crippen LogP contribution is 2.37. The molecule has 122 valence electrons. The molecule has 0 atom stereocenters. The SMILES string of the molecule is O=C(O)c1csc(SCc2ccc(-c3ccc4c(c3)OCO4)o2)n1. The maximum atomic E-state index is 10.8. The Hall–Kier alpha value is -2.45. The minimum atomic E-state index is -1.01. The molecule has 24 heavy (non-hydrogen) atoms. The van der Waals surface area contributed by atoms with Crippen LogP contribution in [0, 0.1) is 0 Å². The summed E-state index contributed by atoms with van der Waals surface area (Å²) in [7, 11) is 0. The lowest BCUT2D eigenvalue weighted by atomic mass is 10.1. The predicted molar refractivity (Wildman–Crippen MR) is 88.9 cm³/mol. The van der Waals surface area contributed by atoms with E-state index in [0.717, 1.165) is 22.8 Å². The van der Waals surface area contributed by atoms with E-state index in [-0.39, 0.29) is 12.5 Å². The number of aromatic carboxylic acids is 1. The van der Waals surface area contributed by atoms with E-state index in [1.54, 1.807) is 0 Å². The van der Waals surface area contributed by atoms with Gasteiger partial charge in [-0.3, -0.25) is 0 Å². The Balaban J connectivity index is 1.45. The molecule has 0 bridgehead atoms. The Morgan fingerprint density at radius 2 is 2.12 bits per heavy atom. The summed E-state index contributed by atoms with van der Waals surface area (Å²) < 4.78 is 17.2. The molecule has 0 fully saturated rings. The molecule has 1 aromatic carbocycles. The maximum Gasteiger partial charge on any atom is 0.355 e. The van der Waals surface area contributed by atoms with Crippen molar-refractivity contribution in [2.75, 3.05) is 6.79 Å². The van der Waals surface area contributed by atoms with Crippen LogP contribution in [0.5, 0.6) is 11.5 Å². The number of fused-ring (bicyclic) bond motifs is 1. The summed E-state index contributed by atoms with van der Waals surface area (Å²) in [6, 6.07) is 9.47. The molecule has 4 rings (SSSR count). The van der Waals surface area contributed by atoms with Crippen LogP contribution in [0.1, 0.15) is 16.2 Å². The van der Waals surface area contributed by atoms with Crippen molar-refractivity contribution < 1.29 is 23.8 Å². The molecule has 0 aliphatic carbocycles. The fourth-order valence-corrected chi connectivity index (χ4v) is 3.91. The van der Waals surface area contributed by atoms with Gasteiger partial charge in [0.25, 0.3) is 0 Å². The van der Waals surface area contributed by atoms with Gasteiger partial charge in [0.05, 0.1) is 5.75 Å². The van der Waals surface area contributed by atoms with Gasteiger partial charge >= 0.3 is 5.97 Å². The monoisotopic (exact) mass is 361 g/mol. The number of aromatic nitrogens is 1. The van der Waals surface area contributed by atoms with Crippen molar-refractivity contribution in [1.82, 2.24) is 4.98 Å². The average Bonchev–Trinajstić information content (AvgIpc) is 3.31. The zero-order chi connectivity index (χ0) is 16.5. The zero-order valence-corrected chi connectivity index (χ0v) is 13.9. The highest BCUT2D eigenvalue weighted by molar-refractivity contribution is 8.00. The number of carboxylic acid groups (broad SMARTS) is 1. The fourth-order valence-electron chi connectivity index (χ4n) is 2.22. The molecule has 3 heterocycles. The quantitative estimate of drug-likeness (QED) is 0.684. The molecule has 0 unspecified atom stereocenters. The first-order valence-corrected chi connectivity index (χ1v) is 8.86. The second-order valence-electron chi connectivity index (χ2n) is 4.93. The van der Waals surface area contributed by atoms with Crippen molar-refractivity contribution in [2.24, 2.45) is 0 Å². The van der Waals surface area contributed by atoms with Crippen molar-refractivity contribution >= 4 is 29.1 Å². The Labute approximate surface area is 145 Å². The summed E-state index contributed by atoms with van der Waals surface area (Å²) in [4.78, 5) is 14.9. The molecule has 3 aromatic rings. The first kappa shape index (κ1) is 15.1. The van der Waals surface area contributed by atoms with E-state index in [0.29, 0.717) is 15.8 Å². The summed E-state index contributed by atoms with van der Waals surface area (Å²) in [5.41, 5.74) is 0.987. The van der Waals surface area contributed by atoms with Crippen LogP contribution in [0.15, 0.2) is 44.5 Å². The summed E-state index contributed by atoms with van der Waals surface area (Å²) in [5, 5.41) is 10.4. The molecule has 0 amide bonds. The summed E-state index contributed by atoms with van der Waals surface area (Å²) in [5.74, 6) is 2.55. The standard InChI is InChI=1S/C16H11NO5S2/c18-15(19)11-7-24-16(17-11)23-6-10-2-4-12(22-10)9-1-3-13-14(5-9)21-8-20-13/h1-5,7H,6,8H2,(H,18,19). The summed E-state index contributed by atoms with van der Waals surface area (Å²) >= 11 is 2.76. The molecule has 0 spiro atoms. The van der Waals surface area contributed by atoms with Crippen molar-refractivity contribution in [3.05, 3.63) is 47.2 Å². The number of hydrogen-bond donors (Lipinski definition) is 1.